The smallest absolute Gasteiger partial charge is 0.340 e. The van der Waals surface area contributed by atoms with Crippen LogP contribution in [0.4, 0.5) is 5.69 Å². The molecule has 1 saturated heterocycles. The average molecular weight is 493 g/mol. The number of hydrogen-bond acceptors (Lipinski definition) is 8. The lowest BCUT2D eigenvalue weighted by atomic mass is 10.1. The van der Waals surface area contributed by atoms with E-state index < -0.39 is 27.9 Å². The van der Waals surface area contributed by atoms with Crippen LogP contribution in [0.5, 0.6) is 17.2 Å². The SMILES string of the molecule is COC(=O)c1cc(OC)c(OC)cc1NC(=O)[C@@H]1CCCN1S(=O)(=O)c1cc(OC)ccc1C. The summed E-state index contributed by atoms with van der Waals surface area (Å²) in [6.07, 6.45) is 0.838. The fraction of sp³-hybridized carbons (Fsp3) is 0.391. The lowest BCUT2D eigenvalue weighted by Gasteiger charge is -2.25. The molecule has 10 nitrogen and oxygen atoms in total. The third-order valence-corrected chi connectivity index (χ3v) is 7.73. The van der Waals surface area contributed by atoms with Crippen molar-refractivity contribution in [3.63, 3.8) is 0 Å². The Morgan fingerprint density at radius 2 is 1.68 bits per heavy atom. The number of methoxy groups -OCH3 is 4. The van der Waals surface area contributed by atoms with Gasteiger partial charge in [-0.1, -0.05) is 6.07 Å². The first-order chi connectivity index (χ1) is 16.2. The predicted octanol–water partition coefficient (Wildman–Crippen LogP) is 2.60. The van der Waals surface area contributed by atoms with Crippen molar-refractivity contribution in [2.45, 2.75) is 30.7 Å². The first kappa shape index (κ1) is 25.3. The van der Waals surface area contributed by atoms with E-state index in [-0.39, 0.29) is 34.2 Å². The number of amides is 1. The monoisotopic (exact) mass is 492 g/mol. The van der Waals surface area contributed by atoms with E-state index in [2.05, 4.69) is 5.32 Å². The summed E-state index contributed by atoms with van der Waals surface area (Å²) in [4.78, 5) is 25.7. The molecule has 1 fully saturated rings. The number of carbonyl (C=O) groups excluding carboxylic acids is 2. The van der Waals surface area contributed by atoms with Crippen LogP contribution in [0.1, 0.15) is 28.8 Å². The van der Waals surface area contributed by atoms with Crippen molar-refractivity contribution in [3.05, 3.63) is 41.5 Å². The first-order valence-electron chi connectivity index (χ1n) is 10.5. The van der Waals surface area contributed by atoms with Gasteiger partial charge < -0.3 is 24.3 Å². The van der Waals surface area contributed by atoms with E-state index in [4.69, 9.17) is 18.9 Å². The van der Waals surface area contributed by atoms with Gasteiger partial charge in [0.25, 0.3) is 0 Å². The van der Waals surface area contributed by atoms with Crippen LogP contribution in [0.3, 0.4) is 0 Å². The maximum Gasteiger partial charge on any atom is 0.340 e. The van der Waals surface area contributed by atoms with Crippen LogP contribution in [0.25, 0.3) is 0 Å². The van der Waals surface area contributed by atoms with E-state index in [9.17, 15) is 18.0 Å². The Bertz CT molecular complexity index is 1200. The molecule has 1 heterocycles. The molecule has 1 amide bonds. The molecule has 184 valence electrons. The zero-order valence-corrected chi connectivity index (χ0v) is 20.5. The Labute approximate surface area is 198 Å². The highest BCUT2D eigenvalue weighted by Crippen LogP contribution is 2.35. The minimum Gasteiger partial charge on any atom is -0.497 e. The van der Waals surface area contributed by atoms with Crippen LogP contribution in [0.2, 0.25) is 0 Å². The second kappa shape index (κ2) is 10.3. The maximum absolute atomic E-state index is 13.5. The molecule has 0 spiro atoms. The number of carbonyl (C=O) groups is 2. The number of sulfonamides is 1. The lowest BCUT2D eigenvalue weighted by molar-refractivity contribution is -0.119. The van der Waals surface area contributed by atoms with Gasteiger partial charge >= 0.3 is 5.97 Å². The summed E-state index contributed by atoms with van der Waals surface area (Å²) in [5.74, 6) is -0.302. The Kier molecular flexibility index (Phi) is 7.68. The molecule has 0 aliphatic carbocycles. The summed E-state index contributed by atoms with van der Waals surface area (Å²) < 4.78 is 48.6. The molecular formula is C23H28N2O8S. The van der Waals surface area contributed by atoms with Crippen LogP contribution in [0, 0.1) is 6.92 Å². The fourth-order valence-corrected chi connectivity index (χ4v) is 5.78. The molecule has 34 heavy (non-hydrogen) atoms. The van der Waals surface area contributed by atoms with Gasteiger partial charge in [0.15, 0.2) is 11.5 Å². The maximum atomic E-state index is 13.5. The zero-order valence-electron chi connectivity index (χ0n) is 19.7. The van der Waals surface area contributed by atoms with Crippen molar-refractivity contribution in [1.82, 2.24) is 4.31 Å². The third kappa shape index (κ3) is 4.80. The highest BCUT2D eigenvalue weighted by molar-refractivity contribution is 7.89. The molecule has 11 heteroatoms. The summed E-state index contributed by atoms with van der Waals surface area (Å²) >= 11 is 0. The topological polar surface area (TPSA) is 120 Å². The molecule has 2 aromatic rings. The van der Waals surface area contributed by atoms with E-state index in [1.54, 1.807) is 19.1 Å². The second-order valence-electron chi connectivity index (χ2n) is 7.64. The normalized spacial score (nSPS) is 16.1. The second-order valence-corrected chi connectivity index (χ2v) is 9.50. The Hall–Kier alpha value is -3.31. The minimum absolute atomic E-state index is 0.0459. The minimum atomic E-state index is -3.99. The van der Waals surface area contributed by atoms with Crippen LogP contribution in [-0.4, -0.2) is 65.6 Å². The van der Waals surface area contributed by atoms with Crippen molar-refractivity contribution in [2.24, 2.45) is 0 Å². The highest BCUT2D eigenvalue weighted by atomic mass is 32.2. The van der Waals surface area contributed by atoms with Crippen molar-refractivity contribution in [3.8, 4) is 17.2 Å². The fourth-order valence-electron chi connectivity index (χ4n) is 3.88. The first-order valence-corrected chi connectivity index (χ1v) is 11.9. The largest absolute Gasteiger partial charge is 0.497 e. The quantitative estimate of drug-likeness (QED) is 0.559. The van der Waals surface area contributed by atoms with Gasteiger partial charge in [0, 0.05) is 24.7 Å². The van der Waals surface area contributed by atoms with Gasteiger partial charge in [-0.2, -0.15) is 4.31 Å². The average Bonchev–Trinajstić information content (AvgIpc) is 3.34. The molecule has 0 radical (unpaired) electrons. The Morgan fingerprint density at radius 3 is 2.29 bits per heavy atom. The number of benzene rings is 2. The van der Waals surface area contributed by atoms with E-state index in [1.165, 1.54) is 50.9 Å². The van der Waals surface area contributed by atoms with Gasteiger partial charge in [0.2, 0.25) is 15.9 Å². The number of ether oxygens (including phenoxy) is 4. The summed E-state index contributed by atoms with van der Waals surface area (Å²) in [6, 6.07) is 6.64. The number of aryl methyl sites for hydroxylation is 1. The summed E-state index contributed by atoms with van der Waals surface area (Å²) in [6.45, 7) is 1.87. The number of hydrogen-bond donors (Lipinski definition) is 1. The van der Waals surface area contributed by atoms with Crippen molar-refractivity contribution >= 4 is 27.6 Å². The van der Waals surface area contributed by atoms with E-state index >= 15 is 0 Å². The molecule has 1 aliphatic rings. The molecule has 2 aromatic carbocycles. The van der Waals surface area contributed by atoms with Crippen molar-refractivity contribution in [2.75, 3.05) is 40.3 Å². The number of rotatable bonds is 8. The van der Waals surface area contributed by atoms with E-state index in [0.717, 1.165) is 0 Å². The summed E-state index contributed by atoms with van der Waals surface area (Å²) in [7, 11) is 1.52. The van der Waals surface area contributed by atoms with E-state index in [1.807, 2.05) is 0 Å². The molecule has 1 atom stereocenters. The third-order valence-electron chi connectivity index (χ3n) is 5.68. The standard InChI is InChI=1S/C23H28N2O8S/c1-14-8-9-15(30-2)11-21(14)34(28,29)25-10-6-7-18(25)22(26)24-17-13-20(32-4)19(31-3)12-16(17)23(27)33-5/h8-9,11-13,18H,6-7,10H2,1-5H3,(H,24,26)/t18-/m0/s1. The molecule has 0 unspecified atom stereocenters. The Morgan fingerprint density at radius 1 is 1.00 bits per heavy atom. The number of esters is 1. The molecule has 0 bridgehead atoms. The number of anilines is 1. The number of nitrogens with one attached hydrogen (secondary N) is 1. The van der Waals surface area contributed by atoms with Crippen LogP contribution < -0.4 is 19.5 Å². The lowest BCUT2D eigenvalue weighted by Crippen LogP contribution is -2.43. The molecule has 3 rings (SSSR count). The van der Waals surface area contributed by atoms with Gasteiger partial charge in [0.1, 0.15) is 11.8 Å². The molecule has 0 saturated carbocycles. The molecular weight excluding hydrogens is 464 g/mol. The van der Waals surface area contributed by atoms with Crippen LogP contribution in [-0.2, 0) is 19.6 Å². The zero-order chi connectivity index (χ0) is 25.0. The van der Waals surface area contributed by atoms with Crippen molar-refractivity contribution < 1.29 is 37.0 Å². The molecule has 1 aliphatic heterocycles. The van der Waals surface area contributed by atoms with E-state index in [0.29, 0.717) is 24.2 Å². The van der Waals surface area contributed by atoms with Gasteiger partial charge in [-0.15, -0.1) is 0 Å². The predicted molar refractivity (Wildman–Crippen MR) is 124 cm³/mol. The van der Waals surface area contributed by atoms with Gasteiger partial charge in [0.05, 0.1) is 44.6 Å². The van der Waals surface area contributed by atoms with Gasteiger partial charge in [-0.25, -0.2) is 13.2 Å². The summed E-state index contributed by atoms with van der Waals surface area (Å²) in [5, 5.41) is 2.68. The number of nitrogens with zero attached hydrogens (tertiary/aromatic N) is 1. The van der Waals surface area contributed by atoms with Crippen molar-refractivity contribution in [1.29, 1.82) is 0 Å². The summed E-state index contributed by atoms with van der Waals surface area (Å²) in [5.41, 5.74) is 0.709. The van der Waals surface area contributed by atoms with Gasteiger partial charge in [-0.3, -0.25) is 4.79 Å². The Balaban J connectivity index is 1.96. The van der Waals surface area contributed by atoms with Crippen LogP contribution >= 0.6 is 0 Å². The molecule has 0 aromatic heterocycles. The highest BCUT2D eigenvalue weighted by Gasteiger charge is 2.40. The van der Waals surface area contributed by atoms with Crippen LogP contribution in [0.15, 0.2) is 35.2 Å². The molecule has 1 N–H and O–H groups in total. The van der Waals surface area contributed by atoms with Gasteiger partial charge in [-0.05, 0) is 31.4 Å².